The molecule has 0 amide bonds. The lowest BCUT2D eigenvalue weighted by molar-refractivity contribution is 0.146. The Bertz CT molecular complexity index is 1400. The molecular formula is C23H25N7O3. The molecule has 0 aliphatic heterocycles. The second-order valence-electron chi connectivity index (χ2n) is 7.36. The van der Waals surface area contributed by atoms with E-state index >= 15 is 0 Å². The Labute approximate surface area is 190 Å². The third-order valence-corrected chi connectivity index (χ3v) is 5.31. The van der Waals surface area contributed by atoms with Crippen LogP contribution in [-0.2, 0) is 4.74 Å². The molecule has 0 aliphatic rings. The van der Waals surface area contributed by atoms with Crippen molar-refractivity contribution in [1.82, 2.24) is 24.1 Å². The van der Waals surface area contributed by atoms with Crippen LogP contribution in [0.25, 0.3) is 22.1 Å². The summed E-state index contributed by atoms with van der Waals surface area (Å²) in [7, 11) is 3.28. The van der Waals surface area contributed by atoms with Gasteiger partial charge in [-0.25, -0.2) is 0 Å². The van der Waals surface area contributed by atoms with Gasteiger partial charge >= 0.3 is 0 Å². The van der Waals surface area contributed by atoms with E-state index in [1.54, 1.807) is 49.5 Å². The minimum absolute atomic E-state index is 0.196. The number of rotatable bonds is 8. The Morgan fingerprint density at radius 2 is 2.12 bits per heavy atom. The minimum atomic E-state index is -0.393. The highest BCUT2D eigenvalue weighted by Gasteiger charge is 2.18. The summed E-state index contributed by atoms with van der Waals surface area (Å²) < 4.78 is 14.1. The van der Waals surface area contributed by atoms with Crippen LogP contribution in [0.3, 0.4) is 0 Å². The third-order valence-electron chi connectivity index (χ3n) is 5.31. The fraction of sp³-hybridized carbons (Fsp3) is 0.261. The summed E-state index contributed by atoms with van der Waals surface area (Å²) in [6.45, 7) is 2.72. The number of pyridine rings is 3. The fourth-order valence-electron chi connectivity index (χ4n) is 3.59. The molecule has 33 heavy (non-hydrogen) atoms. The molecule has 0 radical (unpaired) electrons. The van der Waals surface area contributed by atoms with Crippen molar-refractivity contribution < 1.29 is 9.47 Å². The van der Waals surface area contributed by atoms with Gasteiger partial charge in [0.05, 0.1) is 29.7 Å². The maximum absolute atomic E-state index is 13.3. The van der Waals surface area contributed by atoms with Crippen LogP contribution >= 0.6 is 0 Å². The summed E-state index contributed by atoms with van der Waals surface area (Å²) in [5.74, 6) is 1.12. The summed E-state index contributed by atoms with van der Waals surface area (Å²) in [6.07, 6.45) is 8.38. The van der Waals surface area contributed by atoms with Crippen LogP contribution < -0.4 is 16.0 Å². The second kappa shape index (κ2) is 9.61. The molecule has 10 heteroatoms. The first kappa shape index (κ1) is 22.2. The number of ether oxygens (including phenoxy) is 2. The minimum Gasteiger partial charge on any atom is -0.490 e. The second-order valence-corrected chi connectivity index (χ2v) is 7.36. The Morgan fingerprint density at radius 1 is 1.27 bits per heavy atom. The predicted molar refractivity (Wildman–Crippen MR) is 127 cm³/mol. The molecule has 10 nitrogen and oxygen atoms in total. The van der Waals surface area contributed by atoms with Gasteiger partial charge in [0.2, 0.25) is 0 Å². The Balaban J connectivity index is 1.75. The first-order chi connectivity index (χ1) is 16.1. The quantitative estimate of drug-likeness (QED) is 0.324. The highest BCUT2D eigenvalue weighted by Crippen LogP contribution is 2.21. The predicted octanol–water partition coefficient (Wildman–Crippen LogP) is 2.07. The Morgan fingerprint density at radius 3 is 2.88 bits per heavy atom. The molecule has 0 aliphatic carbocycles. The van der Waals surface area contributed by atoms with Gasteiger partial charge in [-0.3, -0.25) is 19.2 Å². The van der Waals surface area contributed by atoms with Gasteiger partial charge in [-0.2, -0.15) is 0 Å². The van der Waals surface area contributed by atoms with E-state index in [0.29, 0.717) is 41.3 Å². The zero-order valence-corrected chi connectivity index (χ0v) is 18.7. The van der Waals surface area contributed by atoms with Gasteiger partial charge in [-0.15, -0.1) is 10.2 Å². The number of hydrogen-bond acceptors (Lipinski definition) is 8. The van der Waals surface area contributed by atoms with E-state index in [9.17, 15) is 4.79 Å². The number of hydrogen-bond donors (Lipinski definition) is 1. The molecule has 0 aromatic carbocycles. The molecule has 2 N–H and O–H groups in total. The molecule has 4 rings (SSSR count). The summed E-state index contributed by atoms with van der Waals surface area (Å²) in [5, 5.41) is 9.06. The van der Waals surface area contributed by atoms with Crippen molar-refractivity contribution in [2.45, 2.75) is 13.0 Å². The molecular weight excluding hydrogens is 422 g/mol. The van der Waals surface area contributed by atoms with Gasteiger partial charge in [0, 0.05) is 50.1 Å². The van der Waals surface area contributed by atoms with E-state index in [2.05, 4.69) is 20.2 Å². The molecule has 170 valence electrons. The lowest BCUT2D eigenvalue weighted by atomic mass is 10.1. The van der Waals surface area contributed by atoms with E-state index in [1.165, 1.54) is 6.20 Å². The van der Waals surface area contributed by atoms with Crippen LogP contribution in [0.5, 0.6) is 5.75 Å². The topological polar surface area (TPSA) is 122 Å². The lowest BCUT2D eigenvalue weighted by Crippen LogP contribution is -2.25. The van der Waals surface area contributed by atoms with Gasteiger partial charge in [0.15, 0.2) is 11.5 Å². The van der Waals surface area contributed by atoms with Gasteiger partial charge in [-0.05, 0) is 31.2 Å². The first-order valence-corrected chi connectivity index (χ1v) is 10.4. The molecule has 0 bridgehead atoms. The van der Waals surface area contributed by atoms with Crippen LogP contribution in [0.2, 0.25) is 0 Å². The van der Waals surface area contributed by atoms with Crippen molar-refractivity contribution in [3.8, 4) is 5.75 Å². The lowest BCUT2D eigenvalue weighted by Gasteiger charge is -2.15. The standard InChI is InChI=1S/C23H25N7O3/c1-15(22-28-27-21-5-4-16(14-30(21)22)17(11-24)12-25-2)29-7-6-20-19(23(29)31)10-18(13-26-20)33-9-8-32-3/h4-7,10-15H,8-9,24H2,1-3H3/t15-/m0/s1. The Hall–Kier alpha value is -4.05. The zero-order chi connectivity index (χ0) is 23.4. The van der Waals surface area contributed by atoms with Gasteiger partial charge in [-0.1, -0.05) is 0 Å². The normalized spacial score (nSPS) is 13.2. The smallest absolute Gasteiger partial charge is 0.260 e. The van der Waals surface area contributed by atoms with E-state index in [1.807, 2.05) is 29.7 Å². The number of aromatic nitrogens is 5. The molecule has 0 saturated heterocycles. The molecule has 0 spiro atoms. The summed E-state index contributed by atoms with van der Waals surface area (Å²) in [4.78, 5) is 21.7. The maximum atomic E-state index is 13.3. The van der Waals surface area contributed by atoms with Crippen LogP contribution in [0.1, 0.15) is 24.4 Å². The zero-order valence-electron chi connectivity index (χ0n) is 18.7. The molecule has 4 aromatic heterocycles. The van der Waals surface area contributed by atoms with Gasteiger partial charge in [0.25, 0.3) is 5.56 Å². The number of aliphatic imine (C=N–C) groups is 1. The van der Waals surface area contributed by atoms with Crippen LogP contribution in [0.4, 0.5) is 0 Å². The summed E-state index contributed by atoms with van der Waals surface area (Å²) in [5.41, 5.74) is 8.44. The fourth-order valence-corrected chi connectivity index (χ4v) is 3.59. The molecule has 0 unspecified atom stereocenters. The summed E-state index contributed by atoms with van der Waals surface area (Å²) >= 11 is 0. The highest BCUT2D eigenvalue weighted by atomic mass is 16.5. The Kier molecular flexibility index (Phi) is 6.45. The number of fused-ring (bicyclic) bond motifs is 2. The summed E-state index contributed by atoms with van der Waals surface area (Å²) in [6, 6.07) is 6.86. The first-order valence-electron chi connectivity index (χ1n) is 10.4. The van der Waals surface area contributed by atoms with Crippen LogP contribution in [-0.4, -0.2) is 57.7 Å². The van der Waals surface area contributed by atoms with E-state index < -0.39 is 6.04 Å². The van der Waals surface area contributed by atoms with Crippen molar-refractivity contribution in [3.63, 3.8) is 0 Å². The van der Waals surface area contributed by atoms with Crippen LogP contribution in [0.15, 0.2) is 58.8 Å². The van der Waals surface area contributed by atoms with E-state index in [0.717, 1.165) is 11.1 Å². The number of nitrogens with two attached hydrogens (primary N) is 1. The van der Waals surface area contributed by atoms with Crippen molar-refractivity contribution >= 4 is 28.3 Å². The molecule has 4 heterocycles. The van der Waals surface area contributed by atoms with Gasteiger partial charge in [0.1, 0.15) is 12.4 Å². The van der Waals surface area contributed by atoms with Crippen molar-refractivity contribution in [2.24, 2.45) is 10.7 Å². The van der Waals surface area contributed by atoms with Crippen molar-refractivity contribution in [3.05, 3.63) is 70.8 Å². The average molecular weight is 447 g/mol. The molecule has 0 fully saturated rings. The average Bonchev–Trinajstić information content (AvgIpc) is 3.26. The monoisotopic (exact) mass is 447 g/mol. The molecule has 0 saturated carbocycles. The SMILES string of the molecule is CN=CC(=CN)c1ccc2nnc([C@H](C)n3ccc4ncc(OCCOC)cc4c3=O)n2c1. The van der Waals surface area contributed by atoms with Crippen molar-refractivity contribution in [1.29, 1.82) is 0 Å². The van der Waals surface area contributed by atoms with Gasteiger partial charge < -0.3 is 19.8 Å². The molecule has 1 atom stereocenters. The number of allylic oxidation sites excluding steroid dienone is 1. The third kappa shape index (κ3) is 4.33. The highest BCUT2D eigenvalue weighted by molar-refractivity contribution is 6.09. The van der Waals surface area contributed by atoms with Crippen molar-refractivity contribution in [2.75, 3.05) is 27.4 Å². The largest absolute Gasteiger partial charge is 0.490 e. The van der Waals surface area contributed by atoms with E-state index in [-0.39, 0.29) is 5.56 Å². The number of methoxy groups -OCH3 is 1. The maximum Gasteiger partial charge on any atom is 0.260 e. The number of nitrogens with zero attached hydrogens (tertiary/aromatic N) is 6. The van der Waals surface area contributed by atoms with E-state index in [4.69, 9.17) is 15.2 Å². The molecule has 4 aromatic rings. The van der Waals surface area contributed by atoms with Crippen LogP contribution in [0, 0.1) is 0 Å².